The van der Waals surface area contributed by atoms with Crippen LogP contribution in [-0.2, 0) is 6.61 Å². The summed E-state index contributed by atoms with van der Waals surface area (Å²) in [5, 5.41) is 13.2. The zero-order chi connectivity index (χ0) is 22.6. The van der Waals surface area contributed by atoms with Crippen LogP contribution in [0.4, 0.5) is 0 Å². The number of para-hydroxylation sites is 2. The predicted molar refractivity (Wildman–Crippen MR) is 127 cm³/mol. The maximum absolute atomic E-state index is 12.9. The molecule has 3 aromatic rings. The van der Waals surface area contributed by atoms with Crippen molar-refractivity contribution in [1.82, 2.24) is 14.9 Å². The Labute approximate surface area is 192 Å². The number of Topliss-reactive ketones (excluding diaryl/α,β-unsaturated/α-hetero) is 1. The molecule has 168 valence electrons. The molecule has 0 saturated carbocycles. The van der Waals surface area contributed by atoms with E-state index in [1.807, 2.05) is 54.8 Å². The molecule has 0 amide bonds. The number of rotatable bonds is 13. The second-order valence-electron chi connectivity index (χ2n) is 7.03. The molecule has 0 aliphatic heterocycles. The Balaban J connectivity index is 1.69. The molecule has 0 aliphatic carbocycles. The second-order valence-corrected chi connectivity index (χ2v) is 7.80. The first-order chi connectivity index (χ1) is 15.7. The maximum atomic E-state index is 12.9. The summed E-state index contributed by atoms with van der Waals surface area (Å²) >= 11 is 1.39. The summed E-state index contributed by atoms with van der Waals surface area (Å²) in [7, 11) is 0. The molecule has 0 saturated heterocycles. The number of unbranched alkanes of at least 4 members (excludes halogenated alkanes) is 3. The third kappa shape index (κ3) is 6.68. The molecule has 3 rings (SSSR count). The van der Waals surface area contributed by atoms with Gasteiger partial charge in [0.2, 0.25) is 10.9 Å². The van der Waals surface area contributed by atoms with E-state index in [1.165, 1.54) is 35.5 Å². The number of ketones is 1. The number of nitrogens with zero attached hydrogens (tertiary/aromatic N) is 4. The monoisotopic (exact) mass is 452 g/mol. The Morgan fingerprint density at radius 2 is 1.81 bits per heavy atom. The number of ether oxygens (including phenoxy) is 2. The third-order valence-electron chi connectivity index (χ3n) is 4.67. The van der Waals surface area contributed by atoms with E-state index >= 15 is 0 Å². The van der Waals surface area contributed by atoms with Gasteiger partial charge < -0.3 is 9.47 Å². The highest BCUT2D eigenvalue weighted by atomic mass is 32.2. The number of carbonyl (C=O) groups excluding carboxylic acids is 1. The van der Waals surface area contributed by atoms with E-state index in [0.29, 0.717) is 28.9 Å². The highest BCUT2D eigenvalue weighted by Gasteiger charge is 2.14. The van der Waals surface area contributed by atoms with Crippen molar-refractivity contribution >= 4 is 23.8 Å². The topological polar surface area (TPSA) is 78.6 Å². The number of hydrogen-bond acceptors (Lipinski definition) is 7. The molecule has 0 fully saturated rings. The summed E-state index contributed by atoms with van der Waals surface area (Å²) in [5.41, 5.74) is 0.479. The number of thioether (sulfide) groups is 1. The van der Waals surface area contributed by atoms with Crippen molar-refractivity contribution in [3.05, 3.63) is 66.0 Å². The van der Waals surface area contributed by atoms with Gasteiger partial charge in [-0.1, -0.05) is 68.3 Å². The molecule has 0 N–H and O–H groups in total. The first-order valence-corrected chi connectivity index (χ1v) is 11.9. The predicted octanol–water partition coefficient (Wildman–Crippen LogP) is 5.25. The van der Waals surface area contributed by atoms with E-state index in [4.69, 9.17) is 9.47 Å². The molecular formula is C24H28N4O3S. The standard InChI is InChI=1S/C24H28N4O3S/c1-3-4-5-11-16-30-22-15-10-9-14-20(22)21(29)17-25-28-23(26-27-24(28)32-2)18-31-19-12-7-6-8-13-19/h6-10,12-15,17H,3-5,11,16,18H2,1-2H3/b25-17-. The lowest BCUT2D eigenvalue weighted by Gasteiger charge is -2.09. The lowest BCUT2D eigenvalue weighted by molar-refractivity contribution is 0.106. The van der Waals surface area contributed by atoms with Gasteiger partial charge in [-0.15, -0.1) is 10.2 Å². The van der Waals surface area contributed by atoms with Crippen molar-refractivity contribution in [2.24, 2.45) is 5.10 Å². The van der Waals surface area contributed by atoms with Crippen molar-refractivity contribution in [2.45, 2.75) is 44.4 Å². The molecule has 0 unspecified atom stereocenters. The van der Waals surface area contributed by atoms with Crippen LogP contribution in [-0.4, -0.2) is 39.7 Å². The van der Waals surface area contributed by atoms with Gasteiger partial charge in [0, 0.05) is 0 Å². The smallest absolute Gasteiger partial charge is 0.211 e. The Morgan fingerprint density at radius 1 is 1.03 bits per heavy atom. The van der Waals surface area contributed by atoms with Gasteiger partial charge in [0.25, 0.3) is 0 Å². The number of carbonyl (C=O) groups is 1. The zero-order valence-corrected chi connectivity index (χ0v) is 19.3. The molecule has 0 radical (unpaired) electrons. The molecule has 0 spiro atoms. The fourth-order valence-corrected chi connectivity index (χ4v) is 3.43. The van der Waals surface area contributed by atoms with Crippen LogP contribution in [0.5, 0.6) is 11.5 Å². The van der Waals surface area contributed by atoms with Gasteiger partial charge in [0.15, 0.2) is 5.82 Å². The van der Waals surface area contributed by atoms with Gasteiger partial charge in [-0.25, -0.2) is 0 Å². The minimum absolute atomic E-state index is 0.181. The maximum Gasteiger partial charge on any atom is 0.211 e. The van der Waals surface area contributed by atoms with Gasteiger partial charge in [-0.05, 0) is 36.9 Å². The summed E-state index contributed by atoms with van der Waals surface area (Å²) in [6.45, 7) is 2.94. The summed E-state index contributed by atoms with van der Waals surface area (Å²) in [5.74, 6) is 1.55. The normalized spacial score (nSPS) is 11.1. The van der Waals surface area contributed by atoms with Crippen LogP contribution in [0.15, 0.2) is 64.9 Å². The Morgan fingerprint density at radius 3 is 2.59 bits per heavy atom. The molecule has 1 aromatic heterocycles. The Bertz CT molecular complexity index is 1020. The number of benzene rings is 2. The van der Waals surface area contributed by atoms with Crippen LogP contribution < -0.4 is 9.47 Å². The van der Waals surface area contributed by atoms with E-state index in [9.17, 15) is 4.79 Å². The van der Waals surface area contributed by atoms with Crippen LogP contribution in [0.2, 0.25) is 0 Å². The highest BCUT2D eigenvalue weighted by molar-refractivity contribution is 7.98. The molecule has 8 heteroatoms. The van der Waals surface area contributed by atoms with Gasteiger partial charge in [-0.3, -0.25) is 4.79 Å². The summed E-state index contributed by atoms with van der Waals surface area (Å²) in [6, 6.07) is 16.7. The van der Waals surface area contributed by atoms with Crippen LogP contribution in [0.25, 0.3) is 0 Å². The van der Waals surface area contributed by atoms with Gasteiger partial charge in [0.1, 0.15) is 18.1 Å². The second kappa shape index (κ2) is 12.7. The molecular weight excluding hydrogens is 424 g/mol. The lowest BCUT2D eigenvalue weighted by Crippen LogP contribution is -2.09. The number of aromatic nitrogens is 3. The van der Waals surface area contributed by atoms with E-state index < -0.39 is 0 Å². The van der Waals surface area contributed by atoms with Crippen LogP contribution in [0.1, 0.15) is 48.8 Å². The molecule has 0 bridgehead atoms. The van der Waals surface area contributed by atoms with Crippen LogP contribution in [0, 0.1) is 0 Å². The minimum atomic E-state index is -0.246. The quantitative estimate of drug-likeness (QED) is 0.152. The van der Waals surface area contributed by atoms with Gasteiger partial charge >= 0.3 is 0 Å². The van der Waals surface area contributed by atoms with Crippen molar-refractivity contribution in [3.8, 4) is 11.5 Å². The lowest BCUT2D eigenvalue weighted by atomic mass is 10.1. The van der Waals surface area contributed by atoms with Crippen molar-refractivity contribution in [1.29, 1.82) is 0 Å². The number of hydrogen-bond donors (Lipinski definition) is 0. The average Bonchev–Trinajstić information content (AvgIpc) is 3.23. The average molecular weight is 453 g/mol. The minimum Gasteiger partial charge on any atom is -0.493 e. The van der Waals surface area contributed by atoms with E-state index in [-0.39, 0.29) is 12.4 Å². The van der Waals surface area contributed by atoms with Crippen molar-refractivity contribution < 1.29 is 14.3 Å². The van der Waals surface area contributed by atoms with Crippen LogP contribution in [0.3, 0.4) is 0 Å². The van der Waals surface area contributed by atoms with E-state index in [0.717, 1.165) is 18.6 Å². The molecule has 0 atom stereocenters. The summed E-state index contributed by atoms with van der Waals surface area (Å²) in [4.78, 5) is 12.9. The van der Waals surface area contributed by atoms with E-state index in [1.54, 1.807) is 6.07 Å². The van der Waals surface area contributed by atoms with Crippen LogP contribution >= 0.6 is 11.8 Å². The summed E-state index contributed by atoms with van der Waals surface area (Å²) < 4.78 is 13.1. The fourth-order valence-electron chi connectivity index (χ4n) is 2.98. The van der Waals surface area contributed by atoms with Gasteiger partial charge in [0.05, 0.1) is 18.4 Å². The van der Waals surface area contributed by atoms with Gasteiger partial charge in [-0.2, -0.15) is 9.78 Å². The highest BCUT2D eigenvalue weighted by Crippen LogP contribution is 2.20. The Kier molecular flexibility index (Phi) is 9.31. The largest absolute Gasteiger partial charge is 0.493 e. The first-order valence-electron chi connectivity index (χ1n) is 10.7. The van der Waals surface area contributed by atoms with Crippen molar-refractivity contribution in [2.75, 3.05) is 12.9 Å². The third-order valence-corrected chi connectivity index (χ3v) is 5.29. The van der Waals surface area contributed by atoms with E-state index in [2.05, 4.69) is 22.2 Å². The molecule has 1 heterocycles. The molecule has 2 aromatic carbocycles. The summed E-state index contributed by atoms with van der Waals surface area (Å²) in [6.07, 6.45) is 7.59. The molecule has 7 nitrogen and oxygen atoms in total. The Hall–Kier alpha value is -3.13. The first kappa shape index (κ1) is 23.5. The van der Waals surface area contributed by atoms with Crippen molar-refractivity contribution in [3.63, 3.8) is 0 Å². The SMILES string of the molecule is CCCCCCOc1ccccc1C(=O)/C=N\n1c(COc2ccccc2)nnc1SC. The molecule has 32 heavy (non-hydrogen) atoms. The molecule has 0 aliphatic rings. The zero-order valence-electron chi connectivity index (χ0n) is 18.4. The fraction of sp³-hybridized carbons (Fsp3) is 0.333.